The van der Waals surface area contributed by atoms with Crippen molar-refractivity contribution in [1.29, 1.82) is 0 Å². The second-order valence-corrected chi connectivity index (χ2v) is 6.59. The lowest BCUT2D eigenvalue weighted by Crippen LogP contribution is -2.45. The number of halogens is 1. The number of hydrogen-bond acceptors (Lipinski definition) is 5. The number of carbonyl (C=O) groups excluding carboxylic acids is 2. The molecule has 1 aliphatic heterocycles. The van der Waals surface area contributed by atoms with E-state index in [4.69, 9.17) is 9.47 Å². The maximum absolute atomic E-state index is 12.9. The Morgan fingerprint density at radius 2 is 1.72 bits per heavy atom. The van der Waals surface area contributed by atoms with Crippen molar-refractivity contribution in [2.24, 2.45) is 0 Å². The molecule has 0 radical (unpaired) electrons. The maximum Gasteiger partial charge on any atom is 0.255 e. The number of amides is 2. The smallest absolute Gasteiger partial charge is 0.255 e. The molecule has 1 aliphatic rings. The van der Waals surface area contributed by atoms with Gasteiger partial charge in [-0.05, 0) is 37.6 Å². The van der Waals surface area contributed by atoms with E-state index in [1.54, 1.807) is 36.4 Å². The van der Waals surface area contributed by atoms with Crippen molar-refractivity contribution < 1.29 is 19.1 Å². The van der Waals surface area contributed by atoms with Gasteiger partial charge < -0.3 is 25.4 Å². The quantitative estimate of drug-likeness (QED) is 0.670. The Morgan fingerprint density at radius 1 is 1.03 bits per heavy atom. The molecule has 1 saturated heterocycles. The van der Waals surface area contributed by atoms with Crippen LogP contribution in [0.1, 0.15) is 33.6 Å². The Balaban J connectivity index is 0.00000300. The molecular weight excluding hydrogens is 394 g/mol. The Hall–Kier alpha value is -2.77. The number of ether oxygens (including phenoxy) is 2. The van der Waals surface area contributed by atoms with Crippen molar-refractivity contribution >= 4 is 29.9 Å². The monoisotopic (exact) mass is 419 g/mol. The van der Waals surface area contributed by atoms with E-state index in [-0.39, 0.29) is 30.3 Å². The summed E-state index contributed by atoms with van der Waals surface area (Å²) in [6.07, 6.45) is 1.92. The predicted octanol–water partition coefficient (Wildman–Crippen LogP) is 2.86. The Bertz CT molecular complexity index is 839. The van der Waals surface area contributed by atoms with Crippen LogP contribution in [0.5, 0.6) is 11.5 Å². The minimum absolute atomic E-state index is 0. The average molecular weight is 420 g/mol. The highest BCUT2D eigenvalue weighted by atomic mass is 35.5. The molecular formula is C21H26ClN3O4. The van der Waals surface area contributed by atoms with Gasteiger partial charge in [0, 0.05) is 24.2 Å². The summed E-state index contributed by atoms with van der Waals surface area (Å²) in [5, 5.41) is 9.12. The van der Waals surface area contributed by atoms with Gasteiger partial charge in [-0.2, -0.15) is 0 Å². The van der Waals surface area contributed by atoms with Crippen molar-refractivity contribution in [2.45, 2.75) is 18.9 Å². The van der Waals surface area contributed by atoms with Gasteiger partial charge in [0.15, 0.2) is 11.5 Å². The number of rotatable bonds is 6. The van der Waals surface area contributed by atoms with Crippen LogP contribution in [-0.2, 0) is 0 Å². The molecule has 1 atom stereocenters. The van der Waals surface area contributed by atoms with Crippen molar-refractivity contribution in [3.8, 4) is 11.5 Å². The highest BCUT2D eigenvalue weighted by Gasteiger charge is 2.22. The molecule has 0 spiro atoms. The summed E-state index contributed by atoms with van der Waals surface area (Å²) in [5.74, 6) is 0.285. The molecule has 7 nitrogen and oxygen atoms in total. The van der Waals surface area contributed by atoms with E-state index in [1.807, 2.05) is 6.07 Å². The third-order valence-electron chi connectivity index (χ3n) is 4.68. The molecule has 29 heavy (non-hydrogen) atoms. The zero-order chi connectivity index (χ0) is 19.9. The first-order valence-corrected chi connectivity index (χ1v) is 9.26. The fraction of sp³-hybridized carbons (Fsp3) is 0.333. The molecule has 2 amide bonds. The lowest BCUT2D eigenvalue weighted by atomic mass is 10.1. The normalized spacial score (nSPS) is 15.6. The number of anilines is 1. The molecule has 0 saturated carbocycles. The van der Waals surface area contributed by atoms with Crippen LogP contribution < -0.4 is 25.4 Å². The highest BCUT2D eigenvalue weighted by Crippen LogP contribution is 2.33. The standard InChI is InChI=1S/C21H25N3O4.ClH/c1-27-18-11-16(21(26)23-15-9-6-10-22-13-15)17(12-19(18)28-2)24-20(25)14-7-4-3-5-8-14;/h3-5,7-8,11-12,15,22H,6,9-10,13H2,1-2H3,(H,23,26)(H,24,25);1H/t15-;/m0./s1. The summed E-state index contributed by atoms with van der Waals surface area (Å²) in [4.78, 5) is 25.5. The van der Waals surface area contributed by atoms with E-state index < -0.39 is 0 Å². The van der Waals surface area contributed by atoms with Gasteiger partial charge in [0.1, 0.15) is 0 Å². The van der Waals surface area contributed by atoms with Gasteiger partial charge in [0.05, 0.1) is 25.5 Å². The third-order valence-corrected chi connectivity index (χ3v) is 4.68. The summed E-state index contributed by atoms with van der Waals surface area (Å²) in [6, 6.07) is 12.1. The van der Waals surface area contributed by atoms with Crippen molar-refractivity contribution in [3.63, 3.8) is 0 Å². The topological polar surface area (TPSA) is 88.7 Å². The zero-order valence-electron chi connectivity index (χ0n) is 16.5. The Labute approximate surface area is 176 Å². The molecule has 156 valence electrons. The molecule has 0 bridgehead atoms. The van der Waals surface area contributed by atoms with Crippen molar-refractivity contribution in [3.05, 3.63) is 53.6 Å². The fourth-order valence-corrected chi connectivity index (χ4v) is 3.19. The zero-order valence-corrected chi connectivity index (χ0v) is 17.3. The second-order valence-electron chi connectivity index (χ2n) is 6.59. The second kappa shape index (κ2) is 10.7. The van der Waals surface area contributed by atoms with Crippen LogP contribution >= 0.6 is 12.4 Å². The minimum Gasteiger partial charge on any atom is -0.493 e. The summed E-state index contributed by atoms with van der Waals surface area (Å²) in [5.41, 5.74) is 1.19. The highest BCUT2D eigenvalue weighted by molar-refractivity contribution is 6.09. The lowest BCUT2D eigenvalue weighted by molar-refractivity contribution is 0.0931. The van der Waals surface area contributed by atoms with Gasteiger partial charge in [0.25, 0.3) is 11.8 Å². The van der Waals surface area contributed by atoms with Crippen molar-refractivity contribution in [1.82, 2.24) is 10.6 Å². The summed E-state index contributed by atoms with van der Waals surface area (Å²) in [6.45, 7) is 1.69. The van der Waals surface area contributed by atoms with Gasteiger partial charge in [0.2, 0.25) is 0 Å². The number of hydrogen-bond donors (Lipinski definition) is 3. The number of carbonyl (C=O) groups is 2. The summed E-state index contributed by atoms with van der Waals surface area (Å²) < 4.78 is 10.7. The average Bonchev–Trinajstić information content (AvgIpc) is 2.74. The van der Waals surface area contributed by atoms with E-state index in [2.05, 4.69) is 16.0 Å². The molecule has 0 aliphatic carbocycles. The van der Waals surface area contributed by atoms with Crippen LogP contribution in [0.25, 0.3) is 0 Å². The van der Waals surface area contributed by atoms with Gasteiger partial charge in [-0.25, -0.2) is 0 Å². The van der Waals surface area contributed by atoms with Gasteiger partial charge in [-0.1, -0.05) is 18.2 Å². The van der Waals surface area contributed by atoms with Crippen molar-refractivity contribution in [2.75, 3.05) is 32.6 Å². The first kappa shape index (κ1) is 22.5. The number of nitrogens with one attached hydrogen (secondary N) is 3. The summed E-state index contributed by atoms with van der Waals surface area (Å²) in [7, 11) is 3.01. The van der Waals surface area contributed by atoms with E-state index >= 15 is 0 Å². The molecule has 2 aromatic carbocycles. The predicted molar refractivity (Wildman–Crippen MR) is 115 cm³/mol. The maximum atomic E-state index is 12.9. The van der Waals surface area contributed by atoms with Gasteiger partial charge in [-0.3, -0.25) is 9.59 Å². The first-order valence-electron chi connectivity index (χ1n) is 9.26. The van der Waals surface area contributed by atoms with Crippen LogP contribution in [0, 0.1) is 0 Å². The Kier molecular flexibility index (Phi) is 8.30. The van der Waals surface area contributed by atoms with Crippen LogP contribution in [0.2, 0.25) is 0 Å². The molecule has 3 N–H and O–H groups in total. The Morgan fingerprint density at radius 3 is 2.34 bits per heavy atom. The minimum atomic E-state index is -0.304. The largest absolute Gasteiger partial charge is 0.493 e. The number of piperidine rings is 1. The lowest BCUT2D eigenvalue weighted by Gasteiger charge is -2.24. The van der Waals surface area contributed by atoms with E-state index in [0.29, 0.717) is 28.3 Å². The molecule has 0 aromatic heterocycles. The van der Waals surface area contributed by atoms with Crippen LogP contribution in [0.3, 0.4) is 0 Å². The van der Waals surface area contributed by atoms with Crippen LogP contribution in [0.4, 0.5) is 5.69 Å². The molecule has 1 fully saturated rings. The number of benzene rings is 2. The van der Waals surface area contributed by atoms with E-state index in [0.717, 1.165) is 25.9 Å². The SMILES string of the molecule is COc1cc(NC(=O)c2ccccc2)c(C(=O)N[C@H]2CCCNC2)cc1OC.Cl. The van der Waals surface area contributed by atoms with Crippen LogP contribution in [-0.4, -0.2) is 45.2 Å². The third kappa shape index (κ3) is 5.62. The molecule has 3 rings (SSSR count). The molecule has 8 heteroatoms. The van der Waals surface area contributed by atoms with Gasteiger partial charge >= 0.3 is 0 Å². The van der Waals surface area contributed by atoms with Gasteiger partial charge in [-0.15, -0.1) is 12.4 Å². The fourth-order valence-electron chi connectivity index (χ4n) is 3.19. The van der Waals surface area contributed by atoms with E-state index in [1.165, 1.54) is 14.2 Å². The molecule has 2 aromatic rings. The molecule has 1 heterocycles. The first-order chi connectivity index (χ1) is 13.6. The van der Waals surface area contributed by atoms with Crippen LogP contribution in [0.15, 0.2) is 42.5 Å². The summed E-state index contributed by atoms with van der Waals surface area (Å²) >= 11 is 0. The molecule has 0 unspecified atom stereocenters. The van der Waals surface area contributed by atoms with E-state index in [9.17, 15) is 9.59 Å². The number of methoxy groups -OCH3 is 2.